The number of benzene rings is 1. The van der Waals surface area contributed by atoms with Crippen molar-refractivity contribution in [1.82, 2.24) is 0 Å². The predicted octanol–water partition coefficient (Wildman–Crippen LogP) is 2.75. The number of rotatable bonds is 5. The molecule has 1 aromatic rings. The molecule has 4 heteroatoms. The van der Waals surface area contributed by atoms with Gasteiger partial charge < -0.3 is 9.47 Å². The molecular formula is C16H22O4. The second-order valence-electron chi connectivity index (χ2n) is 5.70. The van der Waals surface area contributed by atoms with Gasteiger partial charge in [0.1, 0.15) is 5.60 Å². The van der Waals surface area contributed by atoms with Gasteiger partial charge in [-0.3, -0.25) is 9.59 Å². The quantitative estimate of drug-likeness (QED) is 0.777. The highest BCUT2D eigenvalue weighted by atomic mass is 16.6. The van der Waals surface area contributed by atoms with E-state index in [1.807, 2.05) is 30.3 Å². The molecule has 0 radical (unpaired) electrons. The van der Waals surface area contributed by atoms with Crippen molar-refractivity contribution in [3.8, 4) is 0 Å². The van der Waals surface area contributed by atoms with E-state index in [0.717, 1.165) is 5.56 Å². The Bertz CT molecular complexity index is 445. The molecule has 0 aliphatic heterocycles. The second kappa shape index (κ2) is 7.08. The van der Waals surface area contributed by atoms with Crippen LogP contribution in [0.25, 0.3) is 0 Å². The summed E-state index contributed by atoms with van der Waals surface area (Å²) in [5.74, 6) is -1.29. The largest absolute Gasteiger partial charge is 0.469 e. The third-order valence-electron chi connectivity index (χ3n) is 2.69. The maximum atomic E-state index is 11.8. The highest BCUT2D eigenvalue weighted by molar-refractivity contribution is 5.80. The minimum Gasteiger partial charge on any atom is -0.469 e. The molecule has 1 unspecified atom stereocenters. The fourth-order valence-corrected chi connectivity index (χ4v) is 1.89. The normalized spacial score (nSPS) is 12.6. The van der Waals surface area contributed by atoms with E-state index in [4.69, 9.17) is 9.47 Å². The maximum Gasteiger partial charge on any atom is 0.309 e. The molecule has 20 heavy (non-hydrogen) atoms. The number of ether oxygens (including phenoxy) is 2. The summed E-state index contributed by atoms with van der Waals surface area (Å²) in [5, 5.41) is 0. The van der Waals surface area contributed by atoms with Gasteiger partial charge in [0.15, 0.2) is 0 Å². The van der Waals surface area contributed by atoms with Crippen LogP contribution in [-0.4, -0.2) is 24.6 Å². The van der Waals surface area contributed by atoms with Crippen molar-refractivity contribution in [2.45, 2.75) is 39.2 Å². The molecule has 0 aliphatic rings. The van der Waals surface area contributed by atoms with Gasteiger partial charge in [-0.1, -0.05) is 30.3 Å². The van der Waals surface area contributed by atoms with Gasteiger partial charge in [-0.25, -0.2) is 0 Å². The molecule has 1 rings (SSSR count). The molecule has 0 aromatic heterocycles. The van der Waals surface area contributed by atoms with Crippen LogP contribution in [-0.2, 0) is 25.5 Å². The molecule has 0 aliphatic carbocycles. The molecule has 0 spiro atoms. The van der Waals surface area contributed by atoms with Crippen LogP contribution in [0, 0.1) is 5.92 Å². The first kappa shape index (κ1) is 16.2. The van der Waals surface area contributed by atoms with E-state index < -0.39 is 11.5 Å². The topological polar surface area (TPSA) is 52.6 Å². The first-order chi connectivity index (χ1) is 9.31. The Hall–Kier alpha value is -1.84. The standard InChI is InChI=1S/C16H22O4/c1-16(2,3)20-14(17)11-13(15(18)19-4)10-12-8-6-5-7-9-12/h5-9,13H,10-11H2,1-4H3. The zero-order valence-electron chi connectivity index (χ0n) is 12.5. The highest BCUT2D eigenvalue weighted by Gasteiger charge is 2.26. The SMILES string of the molecule is COC(=O)C(CC(=O)OC(C)(C)C)Cc1ccccc1. The van der Waals surface area contributed by atoms with E-state index in [-0.39, 0.29) is 18.4 Å². The van der Waals surface area contributed by atoms with Crippen LogP contribution in [0.15, 0.2) is 30.3 Å². The van der Waals surface area contributed by atoms with Gasteiger partial charge in [0.25, 0.3) is 0 Å². The van der Waals surface area contributed by atoms with Crippen LogP contribution in [0.1, 0.15) is 32.8 Å². The Kier molecular flexibility index (Phi) is 5.74. The number of methoxy groups -OCH3 is 1. The Morgan fingerprint density at radius 3 is 2.25 bits per heavy atom. The lowest BCUT2D eigenvalue weighted by atomic mass is 9.96. The fraction of sp³-hybridized carbons (Fsp3) is 0.500. The second-order valence-corrected chi connectivity index (χ2v) is 5.70. The molecule has 0 saturated carbocycles. The Morgan fingerprint density at radius 2 is 1.75 bits per heavy atom. The van der Waals surface area contributed by atoms with Crippen molar-refractivity contribution in [3.63, 3.8) is 0 Å². The molecule has 0 N–H and O–H groups in total. The zero-order valence-corrected chi connectivity index (χ0v) is 12.5. The van der Waals surface area contributed by atoms with Gasteiger partial charge in [0.2, 0.25) is 0 Å². The van der Waals surface area contributed by atoms with Crippen molar-refractivity contribution in [3.05, 3.63) is 35.9 Å². The van der Waals surface area contributed by atoms with Crippen LogP contribution < -0.4 is 0 Å². The highest BCUT2D eigenvalue weighted by Crippen LogP contribution is 2.17. The fourth-order valence-electron chi connectivity index (χ4n) is 1.89. The minimum absolute atomic E-state index is 0.0266. The average molecular weight is 278 g/mol. The van der Waals surface area contributed by atoms with E-state index in [2.05, 4.69) is 0 Å². The van der Waals surface area contributed by atoms with Crippen LogP contribution in [0.3, 0.4) is 0 Å². The van der Waals surface area contributed by atoms with E-state index in [0.29, 0.717) is 6.42 Å². The summed E-state index contributed by atoms with van der Waals surface area (Å²) < 4.78 is 10.0. The molecule has 0 heterocycles. The van der Waals surface area contributed by atoms with E-state index >= 15 is 0 Å². The molecule has 0 saturated heterocycles. The average Bonchev–Trinajstić information content (AvgIpc) is 2.36. The molecule has 110 valence electrons. The van der Waals surface area contributed by atoms with E-state index in [1.165, 1.54) is 7.11 Å². The van der Waals surface area contributed by atoms with Gasteiger partial charge in [-0.05, 0) is 32.8 Å². The van der Waals surface area contributed by atoms with Crippen molar-refractivity contribution < 1.29 is 19.1 Å². The summed E-state index contributed by atoms with van der Waals surface area (Å²) in [6, 6.07) is 9.55. The summed E-state index contributed by atoms with van der Waals surface area (Å²) in [7, 11) is 1.33. The maximum absolute atomic E-state index is 11.8. The number of carbonyl (C=O) groups excluding carboxylic acids is 2. The minimum atomic E-state index is -0.551. The summed E-state index contributed by atoms with van der Waals surface area (Å²) in [6.07, 6.45) is 0.492. The van der Waals surface area contributed by atoms with Gasteiger partial charge in [-0.15, -0.1) is 0 Å². The monoisotopic (exact) mass is 278 g/mol. The Balaban J connectivity index is 2.70. The van der Waals surface area contributed by atoms with Crippen molar-refractivity contribution >= 4 is 11.9 Å². The van der Waals surface area contributed by atoms with E-state index in [9.17, 15) is 9.59 Å². The molecule has 0 fully saturated rings. The lowest BCUT2D eigenvalue weighted by molar-refractivity contribution is -0.160. The molecule has 4 nitrogen and oxygen atoms in total. The number of hydrogen-bond donors (Lipinski definition) is 0. The first-order valence-electron chi connectivity index (χ1n) is 6.65. The molecule has 0 amide bonds. The van der Waals surface area contributed by atoms with Crippen molar-refractivity contribution in [2.75, 3.05) is 7.11 Å². The van der Waals surface area contributed by atoms with Crippen molar-refractivity contribution in [1.29, 1.82) is 0 Å². The third-order valence-corrected chi connectivity index (χ3v) is 2.69. The van der Waals surface area contributed by atoms with Gasteiger partial charge in [0.05, 0.1) is 19.4 Å². The lowest BCUT2D eigenvalue weighted by Gasteiger charge is -2.21. The van der Waals surface area contributed by atoms with Gasteiger partial charge in [0, 0.05) is 0 Å². The number of carbonyl (C=O) groups is 2. The third kappa shape index (κ3) is 5.87. The Labute approximate surface area is 120 Å². The predicted molar refractivity (Wildman–Crippen MR) is 76.1 cm³/mol. The van der Waals surface area contributed by atoms with Gasteiger partial charge in [-0.2, -0.15) is 0 Å². The lowest BCUT2D eigenvalue weighted by Crippen LogP contribution is -2.28. The summed E-state index contributed by atoms with van der Waals surface area (Å²) in [5.41, 5.74) is 0.441. The molecule has 1 atom stereocenters. The summed E-state index contributed by atoms with van der Waals surface area (Å²) in [4.78, 5) is 23.6. The molecular weight excluding hydrogens is 256 g/mol. The van der Waals surface area contributed by atoms with Gasteiger partial charge >= 0.3 is 11.9 Å². The summed E-state index contributed by atoms with van der Waals surface area (Å²) >= 11 is 0. The number of hydrogen-bond acceptors (Lipinski definition) is 4. The molecule has 0 bridgehead atoms. The van der Waals surface area contributed by atoms with Crippen LogP contribution in [0.2, 0.25) is 0 Å². The Morgan fingerprint density at radius 1 is 1.15 bits per heavy atom. The van der Waals surface area contributed by atoms with Crippen LogP contribution >= 0.6 is 0 Å². The smallest absolute Gasteiger partial charge is 0.309 e. The molecule has 1 aromatic carbocycles. The van der Waals surface area contributed by atoms with Crippen molar-refractivity contribution in [2.24, 2.45) is 5.92 Å². The van der Waals surface area contributed by atoms with Crippen LogP contribution in [0.4, 0.5) is 0 Å². The number of esters is 2. The van der Waals surface area contributed by atoms with E-state index in [1.54, 1.807) is 20.8 Å². The van der Waals surface area contributed by atoms with Crippen LogP contribution in [0.5, 0.6) is 0 Å². The first-order valence-corrected chi connectivity index (χ1v) is 6.65. The summed E-state index contributed by atoms with van der Waals surface area (Å²) in [6.45, 7) is 5.40. The zero-order chi connectivity index (χ0) is 15.2.